The summed E-state index contributed by atoms with van der Waals surface area (Å²) in [7, 11) is -6.14. The molecule has 2 aromatic rings. The molecule has 0 aromatic heterocycles. The van der Waals surface area contributed by atoms with Crippen LogP contribution in [0.1, 0.15) is 38.3 Å². The second kappa shape index (κ2) is 9.56. The van der Waals surface area contributed by atoms with Crippen LogP contribution >= 0.6 is 0 Å². The Balaban J connectivity index is 1.69. The summed E-state index contributed by atoms with van der Waals surface area (Å²) >= 11 is 0. The molecule has 0 radical (unpaired) electrons. The number of ether oxygens (including phenoxy) is 1. The molecule has 5 rings (SSSR count). The summed E-state index contributed by atoms with van der Waals surface area (Å²) in [6.07, 6.45) is 4.03. The molecule has 0 saturated carbocycles. The average Bonchev–Trinajstić information content (AvgIpc) is 2.82. The van der Waals surface area contributed by atoms with Crippen molar-refractivity contribution in [2.75, 3.05) is 6.61 Å². The molecule has 2 bridgehead atoms. The lowest BCUT2D eigenvalue weighted by Gasteiger charge is -2.51. The van der Waals surface area contributed by atoms with Crippen LogP contribution in [0.3, 0.4) is 0 Å². The number of nitrogens with zero attached hydrogens (tertiary/aromatic N) is 1. The van der Waals surface area contributed by atoms with Crippen LogP contribution in [0.25, 0.3) is 0 Å². The molecule has 1 aliphatic carbocycles. The quantitative estimate of drug-likeness (QED) is 0.337. The standard InChI is InChI=1S/C28H37NO5SSi/c1-21-12-14-25(15-13-21)35(31,32)29-24-16-17-28(26(29)30,33-19-22-10-8-7-9-11-22)23(18-24)20-34-36(5,6)27(2,3)4/h7-17,23-24H,18-20H2,1-6H3/t23-,24-,28-/m1/s1. The molecule has 0 N–H and O–H groups in total. The van der Waals surface area contributed by atoms with E-state index in [0.717, 1.165) is 15.4 Å². The summed E-state index contributed by atoms with van der Waals surface area (Å²) in [5, 5.41) is 0.0133. The fourth-order valence-corrected chi connectivity index (χ4v) is 7.14. The van der Waals surface area contributed by atoms with Gasteiger partial charge in [-0.1, -0.05) is 74.9 Å². The largest absolute Gasteiger partial charge is 0.416 e. The molecule has 8 heteroatoms. The van der Waals surface area contributed by atoms with Gasteiger partial charge in [0.2, 0.25) is 0 Å². The lowest BCUT2D eigenvalue weighted by atomic mass is 9.74. The molecule has 6 nitrogen and oxygen atoms in total. The SMILES string of the molecule is Cc1ccc(S(=O)(=O)N2C(=O)[C@@]3(OCc4ccccc4)C=C[C@@H]2C[C@@H]3CO[Si](C)(C)C(C)(C)C)cc1. The number of carbonyl (C=O) groups excluding carboxylic acids is 1. The first-order valence-corrected chi connectivity index (χ1v) is 16.8. The van der Waals surface area contributed by atoms with Crippen molar-refractivity contribution in [1.29, 1.82) is 0 Å². The molecular formula is C28H37NO5SSi. The molecule has 1 saturated heterocycles. The molecule has 2 heterocycles. The maximum Gasteiger partial charge on any atom is 0.273 e. The summed E-state index contributed by atoms with van der Waals surface area (Å²) in [4.78, 5) is 14.2. The number of rotatable bonds is 8. The number of sulfonamides is 1. The number of hydrogen-bond acceptors (Lipinski definition) is 5. The lowest BCUT2D eigenvalue weighted by molar-refractivity contribution is -0.169. The van der Waals surface area contributed by atoms with E-state index in [9.17, 15) is 13.2 Å². The monoisotopic (exact) mass is 527 g/mol. The third kappa shape index (κ3) is 4.84. The van der Waals surface area contributed by atoms with E-state index in [1.165, 1.54) is 0 Å². The van der Waals surface area contributed by atoms with Gasteiger partial charge in [0.25, 0.3) is 15.9 Å². The molecule has 194 valence electrons. The van der Waals surface area contributed by atoms with E-state index in [1.54, 1.807) is 36.4 Å². The van der Waals surface area contributed by atoms with E-state index in [0.29, 0.717) is 13.0 Å². The minimum Gasteiger partial charge on any atom is -0.416 e. The highest BCUT2D eigenvalue weighted by Crippen LogP contribution is 2.46. The first-order valence-electron chi connectivity index (χ1n) is 12.4. The van der Waals surface area contributed by atoms with Gasteiger partial charge in [-0.15, -0.1) is 0 Å². The Bertz CT molecular complexity index is 1230. The van der Waals surface area contributed by atoms with E-state index in [2.05, 4.69) is 33.9 Å². The predicted molar refractivity (Wildman–Crippen MR) is 143 cm³/mol. The summed E-state index contributed by atoms with van der Waals surface area (Å²) in [6.45, 7) is 13.3. The maximum absolute atomic E-state index is 14.1. The third-order valence-electron chi connectivity index (χ3n) is 7.88. The number of piperidine rings is 1. The first kappa shape index (κ1) is 26.8. The van der Waals surface area contributed by atoms with Crippen molar-refractivity contribution in [3.63, 3.8) is 0 Å². The molecule has 1 fully saturated rings. The fraction of sp³-hybridized carbons (Fsp3) is 0.464. The predicted octanol–water partition coefficient (Wildman–Crippen LogP) is 5.45. The molecule has 1 amide bonds. The summed E-state index contributed by atoms with van der Waals surface area (Å²) in [6, 6.07) is 15.6. The van der Waals surface area contributed by atoms with Crippen molar-refractivity contribution in [3.05, 3.63) is 77.9 Å². The Hall–Kier alpha value is -2.26. The molecule has 3 atom stereocenters. The molecule has 0 unspecified atom stereocenters. The van der Waals surface area contributed by atoms with Crippen LogP contribution in [-0.4, -0.2) is 45.2 Å². The molecule has 0 spiro atoms. The van der Waals surface area contributed by atoms with E-state index in [4.69, 9.17) is 9.16 Å². The van der Waals surface area contributed by atoms with Crippen LogP contribution in [0.15, 0.2) is 71.6 Å². The molecule has 2 aromatic carbocycles. The second-order valence-electron chi connectivity index (χ2n) is 11.4. The third-order valence-corrected chi connectivity index (χ3v) is 14.2. The van der Waals surface area contributed by atoms with Crippen molar-refractivity contribution in [2.45, 2.75) is 75.4 Å². The van der Waals surface area contributed by atoms with Gasteiger partial charge >= 0.3 is 0 Å². The Kier molecular flexibility index (Phi) is 7.11. The number of hydrogen-bond donors (Lipinski definition) is 0. The number of amides is 1. The minimum atomic E-state index is -4.05. The van der Waals surface area contributed by atoms with Crippen LogP contribution in [0, 0.1) is 12.8 Å². The Morgan fingerprint density at radius 2 is 1.69 bits per heavy atom. The van der Waals surface area contributed by atoms with Crippen LogP contribution in [0.5, 0.6) is 0 Å². The lowest BCUT2D eigenvalue weighted by Crippen LogP contribution is -2.67. The molecular weight excluding hydrogens is 490 g/mol. The van der Waals surface area contributed by atoms with Gasteiger partial charge in [-0.25, -0.2) is 12.7 Å². The fourth-order valence-electron chi connectivity index (χ4n) is 4.51. The highest BCUT2D eigenvalue weighted by Gasteiger charge is 2.59. The smallest absolute Gasteiger partial charge is 0.273 e. The van der Waals surface area contributed by atoms with Crippen molar-refractivity contribution < 1.29 is 22.4 Å². The van der Waals surface area contributed by atoms with Gasteiger partial charge in [-0.05, 0) is 55.2 Å². The topological polar surface area (TPSA) is 72.9 Å². The first-order chi connectivity index (χ1) is 16.8. The summed E-state index contributed by atoms with van der Waals surface area (Å²) in [5.41, 5.74) is 0.452. The van der Waals surface area contributed by atoms with Gasteiger partial charge in [0.1, 0.15) is 0 Å². The van der Waals surface area contributed by atoms with Crippen LogP contribution in [0.2, 0.25) is 18.1 Å². The molecule has 2 aliphatic heterocycles. The molecule has 36 heavy (non-hydrogen) atoms. The van der Waals surface area contributed by atoms with Gasteiger partial charge in [0, 0.05) is 12.5 Å². The average molecular weight is 528 g/mol. The number of aryl methyl sites for hydroxylation is 1. The van der Waals surface area contributed by atoms with E-state index >= 15 is 0 Å². The van der Waals surface area contributed by atoms with Gasteiger partial charge in [-0.2, -0.15) is 0 Å². The zero-order valence-corrected chi connectivity index (χ0v) is 23.8. The van der Waals surface area contributed by atoms with Crippen molar-refractivity contribution >= 4 is 24.2 Å². The minimum absolute atomic E-state index is 0.0133. The normalized spacial score (nSPS) is 24.4. The van der Waals surface area contributed by atoms with E-state index in [1.807, 2.05) is 37.3 Å². The number of fused-ring (bicyclic) bond motifs is 2. The maximum atomic E-state index is 14.1. The van der Waals surface area contributed by atoms with Gasteiger partial charge in [-0.3, -0.25) is 4.79 Å². The van der Waals surface area contributed by atoms with E-state index < -0.39 is 35.9 Å². The highest BCUT2D eigenvalue weighted by atomic mass is 32.2. The number of carbonyl (C=O) groups is 1. The zero-order valence-electron chi connectivity index (χ0n) is 22.0. The summed E-state index contributed by atoms with van der Waals surface area (Å²) < 4.78 is 41.3. The Morgan fingerprint density at radius 1 is 1.06 bits per heavy atom. The Morgan fingerprint density at radius 3 is 2.31 bits per heavy atom. The summed E-state index contributed by atoms with van der Waals surface area (Å²) in [5.74, 6) is -0.830. The van der Waals surface area contributed by atoms with Crippen molar-refractivity contribution in [1.82, 2.24) is 4.31 Å². The Labute approximate surface area is 216 Å². The number of benzene rings is 2. The van der Waals surface area contributed by atoms with E-state index in [-0.39, 0.29) is 22.5 Å². The van der Waals surface area contributed by atoms with Crippen molar-refractivity contribution in [3.8, 4) is 0 Å². The molecule has 3 aliphatic rings. The van der Waals surface area contributed by atoms with Gasteiger partial charge in [0.15, 0.2) is 13.9 Å². The van der Waals surface area contributed by atoms with Crippen LogP contribution in [-0.2, 0) is 30.6 Å². The highest BCUT2D eigenvalue weighted by molar-refractivity contribution is 7.89. The van der Waals surface area contributed by atoms with Gasteiger partial charge < -0.3 is 9.16 Å². The zero-order chi connectivity index (χ0) is 26.4. The van der Waals surface area contributed by atoms with Crippen LogP contribution < -0.4 is 0 Å². The second-order valence-corrected chi connectivity index (χ2v) is 18.0. The van der Waals surface area contributed by atoms with Crippen molar-refractivity contribution in [2.24, 2.45) is 5.92 Å². The van der Waals surface area contributed by atoms with Gasteiger partial charge in [0.05, 0.1) is 17.5 Å². The van der Waals surface area contributed by atoms with Crippen LogP contribution in [0.4, 0.5) is 0 Å².